The van der Waals surface area contributed by atoms with Crippen molar-refractivity contribution in [3.63, 3.8) is 0 Å². The first kappa shape index (κ1) is 77.9. The highest BCUT2D eigenvalue weighted by Crippen LogP contribution is 2.17. The Morgan fingerprint density at radius 2 is 0.469 bits per heavy atom. The van der Waals surface area contributed by atoms with Crippen LogP contribution in [-0.2, 0) is 28.6 Å². The minimum atomic E-state index is -0.787. The summed E-state index contributed by atoms with van der Waals surface area (Å²) in [6, 6.07) is 0. The van der Waals surface area contributed by atoms with E-state index in [0.29, 0.717) is 19.3 Å². The molecule has 0 aliphatic carbocycles. The number of hydrogen-bond acceptors (Lipinski definition) is 6. The van der Waals surface area contributed by atoms with Gasteiger partial charge in [0, 0.05) is 19.3 Å². The SMILES string of the molecule is CCC/C=C\C/C=C\CCCCCCCC(=O)OCC(COC(=O)CCCCCCCCCCCCCCCCC/C=C\CCCCCCCCCC)OC(=O)CCCCCCCCCC/C=C\C/C=C\C/C=C\CCCCCCC. The zero-order valence-electron chi connectivity index (χ0n) is 54.1. The molecule has 6 heteroatoms. The molecule has 1 unspecified atom stereocenters. The third-order valence-electron chi connectivity index (χ3n) is 15.6. The fourth-order valence-electron chi connectivity index (χ4n) is 10.3. The minimum absolute atomic E-state index is 0.0806. The molecule has 0 spiro atoms. The van der Waals surface area contributed by atoms with Gasteiger partial charge >= 0.3 is 17.9 Å². The summed E-state index contributed by atoms with van der Waals surface area (Å²) in [5.41, 5.74) is 0. The lowest BCUT2D eigenvalue weighted by atomic mass is 10.0. The number of unbranched alkanes of at least 4 members (excludes halogenated alkanes) is 42. The van der Waals surface area contributed by atoms with Gasteiger partial charge in [0.25, 0.3) is 0 Å². The second-order valence-electron chi connectivity index (χ2n) is 23.8. The molecule has 0 aromatic carbocycles. The van der Waals surface area contributed by atoms with Gasteiger partial charge in [-0.05, 0) is 109 Å². The van der Waals surface area contributed by atoms with E-state index in [4.69, 9.17) is 14.2 Å². The second-order valence-corrected chi connectivity index (χ2v) is 23.8. The number of rotatable bonds is 65. The molecule has 81 heavy (non-hydrogen) atoms. The van der Waals surface area contributed by atoms with Crippen molar-refractivity contribution in [3.8, 4) is 0 Å². The zero-order valence-corrected chi connectivity index (χ0v) is 54.1. The quantitative estimate of drug-likeness (QED) is 0.0261. The van der Waals surface area contributed by atoms with Crippen LogP contribution in [0.5, 0.6) is 0 Å². The number of esters is 3. The van der Waals surface area contributed by atoms with Crippen LogP contribution in [0.1, 0.15) is 367 Å². The summed E-state index contributed by atoms with van der Waals surface area (Å²) in [5, 5.41) is 0. The van der Waals surface area contributed by atoms with Crippen molar-refractivity contribution in [1.29, 1.82) is 0 Å². The Morgan fingerprint density at radius 3 is 0.753 bits per heavy atom. The van der Waals surface area contributed by atoms with Gasteiger partial charge in [0.05, 0.1) is 0 Å². The van der Waals surface area contributed by atoms with E-state index in [2.05, 4.69) is 93.7 Å². The summed E-state index contributed by atoms with van der Waals surface area (Å²) < 4.78 is 17.0. The summed E-state index contributed by atoms with van der Waals surface area (Å²) in [6.07, 6.45) is 90.7. The second kappa shape index (κ2) is 69.3. The van der Waals surface area contributed by atoms with Gasteiger partial charge in [0.1, 0.15) is 13.2 Å². The summed E-state index contributed by atoms with van der Waals surface area (Å²) in [5.74, 6) is -0.884. The van der Waals surface area contributed by atoms with Crippen molar-refractivity contribution in [2.45, 2.75) is 374 Å². The predicted octanol–water partition coefficient (Wildman–Crippen LogP) is 24.4. The molecule has 1 atom stereocenters. The van der Waals surface area contributed by atoms with Crippen LogP contribution in [0.25, 0.3) is 0 Å². The Kier molecular flexibility index (Phi) is 66.6. The van der Waals surface area contributed by atoms with E-state index >= 15 is 0 Å². The van der Waals surface area contributed by atoms with Crippen LogP contribution < -0.4 is 0 Å². The maximum Gasteiger partial charge on any atom is 0.306 e. The van der Waals surface area contributed by atoms with Gasteiger partial charge in [-0.3, -0.25) is 14.4 Å². The van der Waals surface area contributed by atoms with E-state index in [-0.39, 0.29) is 31.1 Å². The smallest absolute Gasteiger partial charge is 0.306 e. The van der Waals surface area contributed by atoms with E-state index in [1.54, 1.807) is 0 Å². The van der Waals surface area contributed by atoms with Gasteiger partial charge < -0.3 is 14.2 Å². The van der Waals surface area contributed by atoms with Crippen molar-refractivity contribution >= 4 is 17.9 Å². The van der Waals surface area contributed by atoms with E-state index in [1.807, 2.05) is 0 Å². The van der Waals surface area contributed by atoms with Crippen LogP contribution in [0.4, 0.5) is 0 Å². The topological polar surface area (TPSA) is 78.9 Å². The molecule has 0 amide bonds. The first-order chi connectivity index (χ1) is 40.0. The zero-order chi connectivity index (χ0) is 58.5. The Morgan fingerprint density at radius 1 is 0.247 bits per heavy atom. The summed E-state index contributed by atoms with van der Waals surface area (Å²) in [4.78, 5) is 38.4. The van der Waals surface area contributed by atoms with Gasteiger partial charge in [0.2, 0.25) is 0 Å². The lowest BCUT2D eigenvalue weighted by Gasteiger charge is -2.18. The number of carbonyl (C=O) groups is 3. The van der Waals surface area contributed by atoms with E-state index in [1.165, 1.54) is 225 Å². The molecular formula is C75H134O6. The number of allylic oxidation sites excluding steroid dienone is 12. The average molecular weight is 1130 g/mol. The predicted molar refractivity (Wildman–Crippen MR) is 353 cm³/mol. The molecule has 0 N–H and O–H groups in total. The van der Waals surface area contributed by atoms with Crippen LogP contribution >= 0.6 is 0 Å². The molecule has 0 rings (SSSR count). The third-order valence-corrected chi connectivity index (χ3v) is 15.6. The Balaban J connectivity index is 4.27. The molecule has 0 saturated carbocycles. The Bertz CT molecular complexity index is 1490. The van der Waals surface area contributed by atoms with Crippen molar-refractivity contribution in [3.05, 3.63) is 72.9 Å². The van der Waals surface area contributed by atoms with E-state index < -0.39 is 6.10 Å². The molecule has 0 fully saturated rings. The molecule has 6 nitrogen and oxygen atoms in total. The molecule has 0 bridgehead atoms. The van der Waals surface area contributed by atoms with Gasteiger partial charge in [-0.25, -0.2) is 0 Å². The van der Waals surface area contributed by atoms with Crippen LogP contribution in [0, 0.1) is 0 Å². The maximum absolute atomic E-state index is 12.9. The van der Waals surface area contributed by atoms with E-state index in [0.717, 1.165) is 103 Å². The summed E-state index contributed by atoms with van der Waals surface area (Å²) in [7, 11) is 0. The molecular weight excluding hydrogens is 997 g/mol. The fourth-order valence-corrected chi connectivity index (χ4v) is 10.3. The third kappa shape index (κ3) is 67.5. The molecule has 0 aromatic rings. The summed E-state index contributed by atoms with van der Waals surface area (Å²) >= 11 is 0. The number of ether oxygens (including phenoxy) is 3. The lowest BCUT2D eigenvalue weighted by molar-refractivity contribution is -0.167. The van der Waals surface area contributed by atoms with Crippen LogP contribution in [0.2, 0.25) is 0 Å². The van der Waals surface area contributed by atoms with Crippen LogP contribution in [0.3, 0.4) is 0 Å². The Labute approximate surface area is 503 Å². The maximum atomic E-state index is 12.9. The largest absolute Gasteiger partial charge is 0.462 e. The minimum Gasteiger partial charge on any atom is -0.462 e. The first-order valence-electron chi connectivity index (χ1n) is 35.4. The highest BCUT2D eigenvalue weighted by atomic mass is 16.6. The monoisotopic (exact) mass is 1130 g/mol. The van der Waals surface area contributed by atoms with Gasteiger partial charge in [0.15, 0.2) is 6.10 Å². The molecule has 0 aromatic heterocycles. The van der Waals surface area contributed by atoms with Crippen molar-refractivity contribution in [2.75, 3.05) is 13.2 Å². The average Bonchev–Trinajstić information content (AvgIpc) is 3.46. The van der Waals surface area contributed by atoms with Gasteiger partial charge in [-0.15, -0.1) is 0 Å². The fraction of sp³-hybridized carbons (Fsp3) is 0.800. The lowest BCUT2D eigenvalue weighted by Crippen LogP contribution is -2.30. The number of carbonyl (C=O) groups excluding carboxylic acids is 3. The molecule has 470 valence electrons. The Hall–Kier alpha value is -3.15. The van der Waals surface area contributed by atoms with Crippen LogP contribution in [-0.4, -0.2) is 37.2 Å². The standard InChI is InChI=1S/C75H134O6/c1-4-7-10-13-16-19-22-25-27-29-31-33-35-36-37-38-40-41-43-45-47-50-53-56-59-62-65-68-74(77)80-71-72(70-79-73(76)67-64-61-58-55-52-49-24-21-18-15-12-9-6-3)81-75(78)69-66-63-60-57-54-51-48-46-44-42-39-34-32-30-28-26-23-20-17-14-11-8-5-2/h12,15,21,23-24,26,29-32,39,42,72H,4-11,13-14,16-20,22,25,27-28,33-38,40-41,43-71H2,1-3H3/b15-12-,24-21-,26-23-,31-29-,32-30-,42-39-. The van der Waals surface area contributed by atoms with E-state index in [9.17, 15) is 14.4 Å². The molecule has 0 heterocycles. The normalized spacial score (nSPS) is 12.5. The number of hydrogen-bond donors (Lipinski definition) is 0. The molecule has 0 aliphatic heterocycles. The highest BCUT2D eigenvalue weighted by molar-refractivity contribution is 5.71. The van der Waals surface area contributed by atoms with Gasteiger partial charge in [-0.2, -0.15) is 0 Å². The highest BCUT2D eigenvalue weighted by Gasteiger charge is 2.19. The van der Waals surface area contributed by atoms with Gasteiger partial charge in [-0.1, -0.05) is 312 Å². The molecule has 0 saturated heterocycles. The first-order valence-corrected chi connectivity index (χ1v) is 35.4. The van der Waals surface area contributed by atoms with Crippen LogP contribution in [0.15, 0.2) is 72.9 Å². The molecule has 0 radical (unpaired) electrons. The summed E-state index contributed by atoms with van der Waals surface area (Å²) in [6.45, 7) is 6.60. The van der Waals surface area contributed by atoms with Crippen molar-refractivity contribution in [1.82, 2.24) is 0 Å². The van der Waals surface area contributed by atoms with Crippen molar-refractivity contribution < 1.29 is 28.6 Å². The molecule has 0 aliphatic rings. The van der Waals surface area contributed by atoms with Crippen molar-refractivity contribution in [2.24, 2.45) is 0 Å².